The lowest BCUT2D eigenvalue weighted by atomic mass is 10.0. The molecule has 2 aromatic rings. The lowest BCUT2D eigenvalue weighted by molar-refractivity contribution is 0.0930. The highest BCUT2D eigenvalue weighted by Crippen LogP contribution is 2.36. The number of piperidine rings is 1. The van der Waals surface area contributed by atoms with Crippen LogP contribution in [0.3, 0.4) is 0 Å². The van der Waals surface area contributed by atoms with Gasteiger partial charge in [0.05, 0.1) is 0 Å². The van der Waals surface area contributed by atoms with Gasteiger partial charge in [0.25, 0.3) is 5.91 Å². The minimum absolute atomic E-state index is 0.0486. The Balaban J connectivity index is 1.55. The first-order chi connectivity index (χ1) is 10.8. The molecule has 3 heteroatoms. The number of hydrogen-bond donors (Lipinski definition) is 2. The molecule has 0 aromatic heterocycles. The topological polar surface area (TPSA) is 41.1 Å². The molecule has 1 amide bonds. The SMILES string of the molecule is O=C(N[C@H]1CCCNC1)c1ccc2c(c1)Cc1ccccc1-2. The Hall–Kier alpha value is -2.13. The van der Waals surface area contributed by atoms with Crippen LogP contribution in [0.5, 0.6) is 0 Å². The molecule has 0 bridgehead atoms. The Kier molecular flexibility index (Phi) is 3.43. The summed E-state index contributed by atoms with van der Waals surface area (Å²) >= 11 is 0. The van der Waals surface area contributed by atoms with Gasteiger partial charge in [-0.3, -0.25) is 4.79 Å². The molecule has 1 fully saturated rings. The van der Waals surface area contributed by atoms with E-state index in [9.17, 15) is 4.79 Å². The van der Waals surface area contributed by atoms with E-state index >= 15 is 0 Å². The summed E-state index contributed by atoms with van der Waals surface area (Å²) in [6.45, 7) is 1.94. The molecule has 0 unspecified atom stereocenters. The second-order valence-corrected chi connectivity index (χ2v) is 6.22. The number of fused-ring (bicyclic) bond motifs is 3. The normalized spacial score (nSPS) is 19.4. The number of carbonyl (C=O) groups is 1. The smallest absolute Gasteiger partial charge is 0.251 e. The fraction of sp³-hybridized carbons (Fsp3) is 0.316. The van der Waals surface area contributed by atoms with Gasteiger partial charge in [-0.25, -0.2) is 0 Å². The first kappa shape index (κ1) is 13.5. The van der Waals surface area contributed by atoms with Crippen LogP contribution in [0, 0.1) is 0 Å². The highest BCUT2D eigenvalue weighted by atomic mass is 16.1. The van der Waals surface area contributed by atoms with Crippen molar-refractivity contribution in [2.45, 2.75) is 25.3 Å². The number of hydrogen-bond acceptors (Lipinski definition) is 2. The molecule has 1 atom stereocenters. The Morgan fingerprint density at radius 2 is 1.95 bits per heavy atom. The van der Waals surface area contributed by atoms with Gasteiger partial charge in [0.2, 0.25) is 0 Å². The predicted octanol–water partition coefficient (Wildman–Crippen LogP) is 2.74. The molecular formula is C19H20N2O. The average molecular weight is 292 g/mol. The minimum Gasteiger partial charge on any atom is -0.348 e. The van der Waals surface area contributed by atoms with Crippen molar-refractivity contribution in [1.29, 1.82) is 0 Å². The van der Waals surface area contributed by atoms with Gasteiger partial charge >= 0.3 is 0 Å². The van der Waals surface area contributed by atoms with Gasteiger partial charge in [-0.05, 0) is 60.2 Å². The van der Waals surface area contributed by atoms with E-state index in [0.717, 1.165) is 37.9 Å². The van der Waals surface area contributed by atoms with E-state index < -0.39 is 0 Å². The number of amides is 1. The van der Waals surface area contributed by atoms with Crippen molar-refractivity contribution in [3.05, 3.63) is 59.2 Å². The van der Waals surface area contributed by atoms with E-state index in [1.54, 1.807) is 0 Å². The zero-order chi connectivity index (χ0) is 14.9. The maximum absolute atomic E-state index is 12.4. The predicted molar refractivity (Wildman–Crippen MR) is 88.0 cm³/mol. The fourth-order valence-corrected chi connectivity index (χ4v) is 3.53. The molecular weight excluding hydrogens is 272 g/mol. The first-order valence-corrected chi connectivity index (χ1v) is 8.04. The van der Waals surface area contributed by atoms with Crippen molar-refractivity contribution in [3.63, 3.8) is 0 Å². The summed E-state index contributed by atoms with van der Waals surface area (Å²) < 4.78 is 0. The molecule has 1 heterocycles. The van der Waals surface area contributed by atoms with Gasteiger partial charge in [-0.2, -0.15) is 0 Å². The number of benzene rings is 2. The van der Waals surface area contributed by atoms with E-state index in [0.29, 0.717) is 0 Å². The van der Waals surface area contributed by atoms with E-state index in [1.165, 1.54) is 22.3 Å². The third-order valence-electron chi connectivity index (χ3n) is 4.69. The van der Waals surface area contributed by atoms with Crippen molar-refractivity contribution < 1.29 is 4.79 Å². The van der Waals surface area contributed by atoms with Gasteiger partial charge in [-0.15, -0.1) is 0 Å². The van der Waals surface area contributed by atoms with Crippen LogP contribution in [0.15, 0.2) is 42.5 Å². The Morgan fingerprint density at radius 3 is 2.82 bits per heavy atom. The molecule has 1 aliphatic heterocycles. The highest BCUT2D eigenvalue weighted by Gasteiger charge is 2.21. The summed E-state index contributed by atoms with van der Waals surface area (Å²) in [5.41, 5.74) is 5.96. The van der Waals surface area contributed by atoms with Crippen molar-refractivity contribution in [3.8, 4) is 11.1 Å². The third kappa shape index (κ3) is 2.42. The number of nitrogens with one attached hydrogen (secondary N) is 2. The van der Waals surface area contributed by atoms with Crippen LogP contribution in [0.25, 0.3) is 11.1 Å². The maximum atomic E-state index is 12.4. The summed E-state index contributed by atoms with van der Waals surface area (Å²) in [7, 11) is 0. The molecule has 22 heavy (non-hydrogen) atoms. The van der Waals surface area contributed by atoms with Gasteiger partial charge in [0, 0.05) is 18.2 Å². The maximum Gasteiger partial charge on any atom is 0.251 e. The van der Waals surface area contributed by atoms with Crippen molar-refractivity contribution >= 4 is 5.91 Å². The largest absolute Gasteiger partial charge is 0.348 e. The Labute approximate surface area is 130 Å². The standard InChI is InChI=1S/C19H20N2O/c22-19(21-16-5-3-9-20-12-16)14-7-8-18-15(11-14)10-13-4-1-2-6-17(13)18/h1-2,4,6-8,11,16,20H,3,5,9-10,12H2,(H,21,22)/t16-/m0/s1. The molecule has 0 saturated carbocycles. The molecule has 2 N–H and O–H groups in total. The summed E-state index contributed by atoms with van der Waals surface area (Å²) in [5.74, 6) is 0.0486. The van der Waals surface area contributed by atoms with Crippen molar-refractivity contribution in [2.24, 2.45) is 0 Å². The Morgan fingerprint density at radius 1 is 1.09 bits per heavy atom. The van der Waals surface area contributed by atoms with Gasteiger partial charge in [0.15, 0.2) is 0 Å². The third-order valence-corrected chi connectivity index (χ3v) is 4.69. The van der Waals surface area contributed by atoms with Crippen LogP contribution in [0.1, 0.15) is 34.3 Å². The zero-order valence-corrected chi connectivity index (χ0v) is 12.6. The number of carbonyl (C=O) groups excluding carboxylic acids is 1. The molecule has 2 aliphatic rings. The summed E-state index contributed by atoms with van der Waals surface area (Å²) in [6, 6.07) is 14.8. The summed E-state index contributed by atoms with van der Waals surface area (Å²) in [4.78, 5) is 12.4. The van der Waals surface area contributed by atoms with Crippen molar-refractivity contribution in [2.75, 3.05) is 13.1 Å². The minimum atomic E-state index is 0.0486. The fourth-order valence-electron chi connectivity index (χ4n) is 3.53. The van der Waals surface area contributed by atoms with E-state index in [-0.39, 0.29) is 11.9 Å². The highest BCUT2D eigenvalue weighted by molar-refractivity contribution is 5.96. The van der Waals surface area contributed by atoms with Crippen LogP contribution < -0.4 is 10.6 Å². The molecule has 1 aliphatic carbocycles. The molecule has 0 spiro atoms. The van der Waals surface area contributed by atoms with Crippen molar-refractivity contribution in [1.82, 2.24) is 10.6 Å². The van der Waals surface area contributed by atoms with Crippen LogP contribution >= 0.6 is 0 Å². The first-order valence-electron chi connectivity index (χ1n) is 8.04. The number of rotatable bonds is 2. The second kappa shape index (κ2) is 5.58. The van der Waals surface area contributed by atoms with Crippen LogP contribution in [0.2, 0.25) is 0 Å². The van der Waals surface area contributed by atoms with Gasteiger partial charge < -0.3 is 10.6 Å². The monoisotopic (exact) mass is 292 g/mol. The van der Waals surface area contributed by atoms with E-state index in [1.807, 2.05) is 6.07 Å². The molecule has 1 saturated heterocycles. The second-order valence-electron chi connectivity index (χ2n) is 6.22. The van der Waals surface area contributed by atoms with Crippen LogP contribution in [-0.4, -0.2) is 25.0 Å². The van der Waals surface area contributed by atoms with Crippen LogP contribution in [0.4, 0.5) is 0 Å². The summed E-state index contributed by atoms with van der Waals surface area (Å²) in [6.07, 6.45) is 3.12. The molecule has 2 aromatic carbocycles. The Bertz CT molecular complexity index is 717. The van der Waals surface area contributed by atoms with Crippen LogP contribution in [-0.2, 0) is 6.42 Å². The van der Waals surface area contributed by atoms with E-state index in [4.69, 9.17) is 0 Å². The van der Waals surface area contributed by atoms with Gasteiger partial charge in [0.1, 0.15) is 0 Å². The average Bonchev–Trinajstić information content (AvgIpc) is 2.93. The lowest BCUT2D eigenvalue weighted by Gasteiger charge is -2.23. The molecule has 0 radical (unpaired) electrons. The lowest BCUT2D eigenvalue weighted by Crippen LogP contribution is -2.45. The zero-order valence-electron chi connectivity index (χ0n) is 12.6. The molecule has 112 valence electrons. The quantitative estimate of drug-likeness (QED) is 0.762. The molecule has 4 rings (SSSR count). The molecule has 3 nitrogen and oxygen atoms in total. The summed E-state index contributed by atoms with van der Waals surface area (Å²) in [5, 5.41) is 6.48. The van der Waals surface area contributed by atoms with Gasteiger partial charge in [-0.1, -0.05) is 30.3 Å². The van der Waals surface area contributed by atoms with E-state index in [2.05, 4.69) is 47.0 Å².